The van der Waals surface area contributed by atoms with Gasteiger partial charge < -0.3 is 29.3 Å². The third-order valence-corrected chi connectivity index (χ3v) is 13.2. The first-order valence-electron chi connectivity index (χ1n) is 16.8. The van der Waals surface area contributed by atoms with Crippen molar-refractivity contribution in [2.45, 2.75) is 40.3 Å². The van der Waals surface area contributed by atoms with Crippen molar-refractivity contribution in [1.29, 1.82) is 0 Å². The Labute approximate surface area is 306 Å². The van der Waals surface area contributed by atoms with Crippen LogP contribution in [0.4, 0.5) is 11.4 Å². The van der Waals surface area contributed by atoms with Crippen LogP contribution in [0.3, 0.4) is 0 Å². The molecule has 3 amide bonds. The van der Waals surface area contributed by atoms with Crippen LogP contribution in [0.15, 0.2) is 104 Å². The predicted octanol–water partition coefficient (Wildman–Crippen LogP) is 6.03. The fourth-order valence-corrected chi connectivity index (χ4v) is 11.5. The van der Waals surface area contributed by atoms with E-state index in [0.717, 1.165) is 0 Å². The molecule has 0 saturated carbocycles. The number of alkyl halides is 1. The SMILES string of the molecule is C=CCN(C(=O)C1N([C@H](CO)c2ccccc2)C(=O)[C@@H]2[C@H](C(=O)N(CC=C)c3ccc(OCC)cc3)[C@H]3SC12CC3Br)c1ccc(OC)cc1. The highest BCUT2D eigenvalue weighted by Gasteiger charge is 2.76. The summed E-state index contributed by atoms with van der Waals surface area (Å²) in [6, 6.07) is 22.0. The van der Waals surface area contributed by atoms with Crippen LogP contribution in [0.1, 0.15) is 24.9 Å². The largest absolute Gasteiger partial charge is 0.497 e. The number of nitrogens with zero attached hydrogens (tertiary/aromatic N) is 3. The van der Waals surface area contributed by atoms with Crippen LogP contribution in [0, 0.1) is 11.8 Å². The predicted molar refractivity (Wildman–Crippen MR) is 201 cm³/mol. The minimum atomic E-state index is -0.981. The molecule has 11 heteroatoms. The average Bonchev–Trinajstić information content (AvgIpc) is 3.74. The lowest BCUT2D eigenvalue weighted by atomic mass is 9.70. The van der Waals surface area contributed by atoms with Gasteiger partial charge in [-0.15, -0.1) is 24.9 Å². The Hall–Kier alpha value is -4.06. The van der Waals surface area contributed by atoms with Crippen molar-refractivity contribution in [3.8, 4) is 11.5 Å². The fraction of sp³-hybridized carbons (Fsp3) is 0.359. The minimum Gasteiger partial charge on any atom is -0.497 e. The number of carbonyl (C=O) groups is 3. The molecule has 7 atom stereocenters. The van der Waals surface area contributed by atoms with Gasteiger partial charge in [-0.1, -0.05) is 58.4 Å². The fourth-order valence-electron chi connectivity index (χ4n) is 7.88. The summed E-state index contributed by atoms with van der Waals surface area (Å²) in [5.74, 6) is -1.01. The maximum absolute atomic E-state index is 15.2. The lowest BCUT2D eigenvalue weighted by Gasteiger charge is -2.40. The van der Waals surface area contributed by atoms with Crippen molar-refractivity contribution in [2.24, 2.45) is 11.8 Å². The van der Waals surface area contributed by atoms with Crippen molar-refractivity contribution in [2.75, 3.05) is 43.2 Å². The molecule has 6 rings (SSSR count). The molecule has 3 aromatic carbocycles. The maximum atomic E-state index is 15.2. The molecule has 2 bridgehead atoms. The van der Waals surface area contributed by atoms with E-state index in [9.17, 15) is 9.90 Å². The van der Waals surface area contributed by atoms with E-state index in [1.165, 1.54) is 0 Å². The van der Waals surface area contributed by atoms with Gasteiger partial charge in [-0.25, -0.2) is 0 Å². The van der Waals surface area contributed by atoms with Gasteiger partial charge in [-0.05, 0) is 67.4 Å². The first kappa shape index (κ1) is 35.8. The Balaban J connectivity index is 1.46. The highest BCUT2D eigenvalue weighted by molar-refractivity contribution is 9.09. The Morgan fingerprint density at radius 2 is 1.56 bits per heavy atom. The monoisotopic (exact) mass is 759 g/mol. The van der Waals surface area contributed by atoms with Crippen LogP contribution in [-0.2, 0) is 14.4 Å². The molecule has 3 heterocycles. The maximum Gasteiger partial charge on any atom is 0.251 e. The van der Waals surface area contributed by atoms with Gasteiger partial charge in [0.15, 0.2) is 0 Å². The van der Waals surface area contributed by atoms with Crippen molar-refractivity contribution >= 4 is 56.8 Å². The van der Waals surface area contributed by atoms with Crippen LogP contribution in [0.5, 0.6) is 11.5 Å². The van der Waals surface area contributed by atoms with Gasteiger partial charge in [0.2, 0.25) is 11.8 Å². The summed E-state index contributed by atoms with van der Waals surface area (Å²) in [7, 11) is 1.58. The number of fused-ring (bicyclic) bond motifs is 1. The van der Waals surface area contributed by atoms with Gasteiger partial charge >= 0.3 is 0 Å². The minimum absolute atomic E-state index is 0.134. The van der Waals surface area contributed by atoms with E-state index in [4.69, 9.17) is 9.47 Å². The second-order valence-corrected chi connectivity index (χ2v) is 15.3. The third kappa shape index (κ3) is 6.13. The first-order chi connectivity index (χ1) is 24.2. The van der Waals surface area contributed by atoms with Crippen LogP contribution in [-0.4, -0.2) is 82.0 Å². The zero-order valence-electron chi connectivity index (χ0n) is 28.2. The number of aliphatic hydroxyl groups is 1. The second-order valence-electron chi connectivity index (χ2n) is 12.6. The number of carbonyl (C=O) groups excluding carboxylic acids is 3. The lowest BCUT2D eigenvalue weighted by molar-refractivity contribution is -0.142. The number of amides is 3. The Bertz CT molecular complexity index is 1720. The summed E-state index contributed by atoms with van der Waals surface area (Å²) in [5.41, 5.74) is 1.99. The molecule has 3 fully saturated rings. The molecular weight excluding hydrogens is 718 g/mol. The molecule has 9 nitrogen and oxygen atoms in total. The van der Waals surface area contributed by atoms with E-state index in [1.54, 1.807) is 70.0 Å². The molecule has 3 unspecified atom stereocenters. The van der Waals surface area contributed by atoms with Crippen molar-refractivity contribution in [3.05, 3.63) is 110 Å². The van der Waals surface area contributed by atoms with Gasteiger partial charge in [0.25, 0.3) is 5.91 Å². The second kappa shape index (κ2) is 15.0. The number of rotatable bonds is 14. The topological polar surface area (TPSA) is 99.6 Å². The molecule has 3 saturated heterocycles. The lowest BCUT2D eigenvalue weighted by Crippen LogP contribution is -2.56. The summed E-state index contributed by atoms with van der Waals surface area (Å²) in [5, 5.41) is 10.7. The molecule has 1 spiro atoms. The zero-order valence-corrected chi connectivity index (χ0v) is 30.6. The number of hydrogen-bond acceptors (Lipinski definition) is 7. The number of aliphatic hydroxyl groups excluding tert-OH is 1. The highest BCUT2D eigenvalue weighted by atomic mass is 79.9. The van der Waals surface area contributed by atoms with Crippen LogP contribution >= 0.6 is 27.7 Å². The zero-order chi connectivity index (χ0) is 35.6. The normalized spacial score (nSPS) is 25.5. The molecule has 3 aliphatic heterocycles. The van der Waals surface area contributed by atoms with E-state index in [-0.39, 0.29) is 40.9 Å². The molecule has 3 aliphatic rings. The van der Waals surface area contributed by atoms with Gasteiger partial charge in [0.1, 0.15) is 17.5 Å². The Morgan fingerprint density at radius 1 is 0.980 bits per heavy atom. The first-order valence-corrected chi connectivity index (χ1v) is 18.5. The number of benzene rings is 3. The van der Waals surface area contributed by atoms with E-state index in [0.29, 0.717) is 41.5 Å². The average molecular weight is 761 g/mol. The number of ether oxygens (including phenoxy) is 2. The number of halogens is 1. The summed E-state index contributed by atoms with van der Waals surface area (Å²) in [6.07, 6.45) is 3.82. The van der Waals surface area contributed by atoms with Crippen molar-refractivity contribution in [1.82, 2.24) is 4.90 Å². The van der Waals surface area contributed by atoms with Crippen LogP contribution in [0.25, 0.3) is 0 Å². The van der Waals surface area contributed by atoms with E-state index < -0.39 is 35.3 Å². The summed E-state index contributed by atoms with van der Waals surface area (Å²) < 4.78 is 10.0. The van der Waals surface area contributed by atoms with E-state index in [1.807, 2.05) is 61.5 Å². The standard InChI is InChI=1S/C39H42BrN3O6S/c1-5-21-41(26-15-19-29(20-16-26)49-7-3)36(45)32-33-37(46)43(31(24-44)25-11-9-8-10-12-25)35(39(33)23-30(40)34(32)50-39)38(47)42(22-6-2)27-13-17-28(48-4)18-14-27/h5-6,8-20,30-35,44H,1-2,7,21-24H2,3-4H3/t30?,31-,32+,33+,34+,35?,39?/m1/s1. The number of anilines is 2. The molecule has 1 N–H and O–H groups in total. The number of methoxy groups -OCH3 is 1. The summed E-state index contributed by atoms with van der Waals surface area (Å²) in [6.45, 7) is 10.3. The molecule has 0 aromatic heterocycles. The van der Waals surface area contributed by atoms with Gasteiger partial charge in [0, 0.05) is 34.5 Å². The molecule has 262 valence electrons. The Morgan fingerprint density at radius 3 is 2.10 bits per heavy atom. The molecule has 50 heavy (non-hydrogen) atoms. The summed E-state index contributed by atoms with van der Waals surface area (Å²) in [4.78, 5) is 49.8. The van der Waals surface area contributed by atoms with Gasteiger partial charge in [-0.3, -0.25) is 14.4 Å². The smallest absolute Gasteiger partial charge is 0.251 e. The van der Waals surface area contributed by atoms with Crippen molar-refractivity contribution in [3.63, 3.8) is 0 Å². The van der Waals surface area contributed by atoms with Crippen LogP contribution < -0.4 is 19.3 Å². The van der Waals surface area contributed by atoms with E-state index in [2.05, 4.69) is 29.1 Å². The highest BCUT2D eigenvalue weighted by Crippen LogP contribution is 2.69. The summed E-state index contributed by atoms with van der Waals surface area (Å²) >= 11 is 5.45. The van der Waals surface area contributed by atoms with Gasteiger partial charge in [-0.2, -0.15) is 0 Å². The van der Waals surface area contributed by atoms with Crippen LogP contribution in [0.2, 0.25) is 0 Å². The quantitative estimate of drug-likeness (QED) is 0.158. The van der Waals surface area contributed by atoms with Gasteiger partial charge in [0.05, 0.1) is 42.9 Å². The molecule has 3 aromatic rings. The third-order valence-electron chi connectivity index (χ3n) is 9.94. The Kier molecular flexibility index (Phi) is 10.8. The molecule has 0 aliphatic carbocycles. The number of likely N-dealkylation sites (tertiary alicyclic amines) is 1. The number of hydrogen-bond donors (Lipinski definition) is 1. The number of thioether (sulfide) groups is 1. The molecule has 0 radical (unpaired) electrons. The molecular formula is C39H42BrN3O6S. The van der Waals surface area contributed by atoms with Crippen molar-refractivity contribution < 1.29 is 29.0 Å². The van der Waals surface area contributed by atoms with E-state index >= 15 is 9.59 Å².